The van der Waals surface area contributed by atoms with Crippen molar-refractivity contribution in [3.05, 3.63) is 63.2 Å². The summed E-state index contributed by atoms with van der Waals surface area (Å²) >= 11 is 1.71. The van der Waals surface area contributed by atoms with Crippen molar-refractivity contribution in [3.63, 3.8) is 0 Å². The predicted molar refractivity (Wildman–Crippen MR) is 82.8 cm³/mol. The zero-order valence-electron chi connectivity index (χ0n) is 10.9. The van der Waals surface area contributed by atoms with E-state index in [1.807, 2.05) is 41.8 Å². The Morgan fingerprint density at radius 2 is 1.95 bits per heavy atom. The van der Waals surface area contributed by atoms with Crippen molar-refractivity contribution in [2.75, 3.05) is 6.54 Å². The third kappa shape index (κ3) is 2.85. The molecule has 0 spiro atoms. The monoisotopic (exact) mass is 305 g/mol. The van der Waals surface area contributed by atoms with E-state index >= 15 is 0 Å². The molecule has 0 saturated heterocycles. The average Bonchev–Trinajstić information content (AvgIpc) is 2.94. The molecule has 0 atom stereocenters. The Balaban J connectivity index is 1.78. The summed E-state index contributed by atoms with van der Waals surface area (Å²) in [5.74, 6) is 0. The van der Waals surface area contributed by atoms with Crippen molar-refractivity contribution in [1.29, 1.82) is 0 Å². The maximum Gasteiger partial charge on any atom is 0.236 e. The zero-order chi connectivity index (χ0) is 14.0. The van der Waals surface area contributed by atoms with E-state index < -0.39 is 10.0 Å². The second-order valence-corrected chi connectivity index (χ2v) is 7.53. The Hall–Kier alpha value is -1.43. The van der Waals surface area contributed by atoms with Crippen LogP contribution >= 0.6 is 11.3 Å². The van der Waals surface area contributed by atoms with Crippen LogP contribution in [0.15, 0.2) is 47.2 Å². The third-order valence-corrected chi connectivity index (χ3v) is 5.90. The second kappa shape index (κ2) is 5.52. The van der Waals surface area contributed by atoms with Crippen molar-refractivity contribution < 1.29 is 8.42 Å². The fourth-order valence-electron chi connectivity index (χ4n) is 2.25. The van der Waals surface area contributed by atoms with Gasteiger partial charge in [-0.1, -0.05) is 30.3 Å². The lowest BCUT2D eigenvalue weighted by molar-refractivity contribution is 0.400. The normalized spacial score (nSPS) is 16.4. The van der Waals surface area contributed by atoms with Crippen LogP contribution in [-0.2, 0) is 23.0 Å². The van der Waals surface area contributed by atoms with E-state index in [0.29, 0.717) is 13.1 Å². The lowest BCUT2D eigenvalue weighted by Crippen LogP contribution is -2.33. The minimum Gasteiger partial charge on any atom is -0.207 e. The van der Waals surface area contributed by atoms with Crippen LogP contribution < -0.4 is 0 Å². The number of hydrogen-bond donors (Lipinski definition) is 0. The Kier molecular flexibility index (Phi) is 3.74. The zero-order valence-corrected chi connectivity index (χ0v) is 12.5. The van der Waals surface area contributed by atoms with Crippen LogP contribution in [-0.4, -0.2) is 19.3 Å². The second-order valence-electron chi connectivity index (χ2n) is 4.71. The SMILES string of the molecule is O=S(=O)(C=Cc1ccccc1)N1CCc2sccc2C1. The van der Waals surface area contributed by atoms with Gasteiger partial charge in [0.2, 0.25) is 10.0 Å². The molecule has 5 heteroatoms. The summed E-state index contributed by atoms with van der Waals surface area (Å²) in [7, 11) is -3.34. The molecule has 1 aliphatic heterocycles. The highest BCUT2D eigenvalue weighted by Gasteiger charge is 2.25. The van der Waals surface area contributed by atoms with Gasteiger partial charge < -0.3 is 0 Å². The highest BCUT2D eigenvalue weighted by atomic mass is 32.2. The lowest BCUT2D eigenvalue weighted by atomic mass is 10.1. The van der Waals surface area contributed by atoms with Crippen LogP contribution in [0.5, 0.6) is 0 Å². The largest absolute Gasteiger partial charge is 0.236 e. The molecule has 1 aromatic carbocycles. The van der Waals surface area contributed by atoms with E-state index in [2.05, 4.69) is 0 Å². The van der Waals surface area contributed by atoms with Crippen molar-refractivity contribution in [2.45, 2.75) is 13.0 Å². The van der Waals surface area contributed by atoms with E-state index in [-0.39, 0.29) is 0 Å². The molecule has 20 heavy (non-hydrogen) atoms. The summed E-state index contributed by atoms with van der Waals surface area (Å²) in [6.07, 6.45) is 2.46. The molecule has 1 aliphatic rings. The molecule has 2 heterocycles. The van der Waals surface area contributed by atoms with Crippen LogP contribution in [0.2, 0.25) is 0 Å². The van der Waals surface area contributed by atoms with Crippen molar-refractivity contribution in [2.24, 2.45) is 0 Å². The molecule has 0 N–H and O–H groups in total. The number of rotatable bonds is 3. The molecule has 3 rings (SSSR count). The first-order chi connectivity index (χ1) is 9.65. The van der Waals surface area contributed by atoms with Gasteiger partial charge in [0.15, 0.2) is 0 Å². The van der Waals surface area contributed by atoms with Gasteiger partial charge in [-0.05, 0) is 35.1 Å². The first kappa shape index (κ1) is 13.5. The van der Waals surface area contributed by atoms with Crippen molar-refractivity contribution >= 4 is 27.4 Å². The van der Waals surface area contributed by atoms with E-state index in [1.165, 1.54) is 10.3 Å². The van der Waals surface area contributed by atoms with Crippen molar-refractivity contribution in [3.8, 4) is 0 Å². The predicted octanol–water partition coefficient (Wildman–Crippen LogP) is 3.11. The molecule has 1 aromatic heterocycles. The lowest BCUT2D eigenvalue weighted by Gasteiger charge is -2.24. The fourth-order valence-corrected chi connectivity index (χ4v) is 4.31. The van der Waals surface area contributed by atoms with Gasteiger partial charge in [-0.25, -0.2) is 8.42 Å². The number of sulfonamides is 1. The molecule has 0 fully saturated rings. The summed E-state index contributed by atoms with van der Waals surface area (Å²) in [5.41, 5.74) is 2.03. The Bertz CT molecular complexity index is 717. The standard InChI is InChI=1S/C15H15NO2S2/c17-20(18,11-8-13-4-2-1-3-5-13)16-9-6-15-14(12-16)7-10-19-15/h1-5,7-8,10-11H,6,9,12H2. The first-order valence-electron chi connectivity index (χ1n) is 6.44. The van der Waals surface area contributed by atoms with Crippen LogP contribution in [0.3, 0.4) is 0 Å². The fraction of sp³-hybridized carbons (Fsp3) is 0.200. The van der Waals surface area contributed by atoms with Gasteiger partial charge >= 0.3 is 0 Å². The molecule has 0 bridgehead atoms. The molecule has 0 amide bonds. The van der Waals surface area contributed by atoms with E-state index in [0.717, 1.165) is 17.5 Å². The van der Waals surface area contributed by atoms with E-state index in [1.54, 1.807) is 21.7 Å². The smallest absolute Gasteiger partial charge is 0.207 e. The highest BCUT2D eigenvalue weighted by molar-refractivity contribution is 7.92. The Labute approximate surface area is 123 Å². The average molecular weight is 305 g/mol. The molecule has 3 nitrogen and oxygen atoms in total. The van der Waals surface area contributed by atoms with Gasteiger partial charge in [0.1, 0.15) is 0 Å². The van der Waals surface area contributed by atoms with Crippen LogP contribution in [0, 0.1) is 0 Å². The summed E-state index contributed by atoms with van der Waals surface area (Å²) in [6.45, 7) is 1.05. The van der Waals surface area contributed by atoms with Gasteiger partial charge in [-0.2, -0.15) is 4.31 Å². The molecule has 0 unspecified atom stereocenters. The van der Waals surface area contributed by atoms with Gasteiger partial charge in [0.05, 0.1) is 0 Å². The van der Waals surface area contributed by atoms with Gasteiger partial charge in [0.25, 0.3) is 0 Å². The van der Waals surface area contributed by atoms with Crippen molar-refractivity contribution in [1.82, 2.24) is 4.31 Å². The van der Waals surface area contributed by atoms with Gasteiger partial charge in [-0.15, -0.1) is 11.3 Å². The number of hydrogen-bond acceptors (Lipinski definition) is 3. The molecular formula is C15H15NO2S2. The Morgan fingerprint density at radius 3 is 2.75 bits per heavy atom. The topological polar surface area (TPSA) is 37.4 Å². The third-order valence-electron chi connectivity index (χ3n) is 3.36. The highest BCUT2D eigenvalue weighted by Crippen LogP contribution is 2.26. The molecule has 0 aliphatic carbocycles. The molecule has 0 radical (unpaired) electrons. The summed E-state index contributed by atoms with van der Waals surface area (Å²) in [5, 5.41) is 3.33. The summed E-state index contributed by atoms with van der Waals surface area (Å²) in [4.78, 5) is 1.31. The number of benzene rings is 1. The van der Waals surface area contributed by atoms with Crippen LogP contribution in [0.4, 0.5) is 0 Å². The molecule has 104 valence electrons. The summed E-state index contributed by atoms with van der Waals surface area (Å²) < 4.78 is 26.2. The molecular weight excluding hydrogens is 290 g/mol. The van der Waals surface area contributed by atoms with Gasteiger partial charge in [0, 0.05) is 23.4 Å². The van der Waals surface area contributed by atoms with E-state index in [9.17, 15) is 8.42 Å². The van der Waals surface area contributed by atoms with Crippen LogP contribution in [0.1, 0.15) is 16.0 Å². The number of thiophene rings is 1. The van der Waals surface area contributed by atoms with Crippen LogP contribution in [0.25, 0.3) is 6.08 Å². The quantitative estimate of drug-likeness (QED) is 0.874. The minimum absolute atomic E-state index is 0.486. The first-order valence-corrected chi connectivity index (χ1v) is 8.82. The number of fused-ring (bicyclic) bond motifs is 1. The minimum atomic E-state index is -3.34. The number of nitrogens with zero attached hydrogens (tertiary/aromatic N) is 1. The summed E-state index contributed by atoms with van der Waals surface area (Å²) in [6, 6.07) is 11.5. The molecule has 2 aromatic rings. The maximum absolute atomic E-state index is 12.3. The van der Waals surface area contributed by atoms with Gasteiger partial charge in [-0.3, -0.25) is 0 Å². The van der Waals surface area contributed by atoms with E-state index in [4.69, 9.17) is 0 Å². The maximum atomic E-state index is 12.3. The molecule has 0 saturated carbocycles. The Morgan fingerprint density at radius 1 is 1.15 bits per heavy atom.